The second-order valence-corrected chi connectivity index (χ2v) is 4.34. The summed E-state index contributed by atoms with van der Waals surface area (Å²) in [5, 5.41) is 2.56. The summed E-state index contributed by atoms with van der Waals surface area (Å²) in [5.41, 5.74) is 0.0490. The van der Waals surface area contributed by atoms with Gasteiger partial charge in [-0.25, -0.2) is 0 Å². The molecule has 0 radical (unpaired) electrons. The molecule has 1 N–H and O–H groups in total. The fraction of sp³-hybridized carbons (Fsp3) is 0.417. The molecule has 0 saturated carbocycles. The number of amides is 1. The van der Waals surface area contributed by atoms with Gasteiger partial charge in [0.15, 0.2) is 0 Å². The van der Waals surface area contributed by atoms with Gasteiger partial charge in [-0.3, -0.25) is 10.1 Å². The van der Waals surface area contributed by atoms with Crippen molar-refractivity contribution < 1.29 is 31.5 Å². The molecular formula is C12H11F5N2O2. The third kappa shape index (κ3) is 3.81. The highest BCUT2D eigenvalue weighted by Crippen LogP contribution is 2.33. The maximum absolute atomic E-state index is 12.5. The molecule has 1 unspecified atom stereocenters. The van der Waals surface area contributed by atoms with E-state index >= 15 is 0 Å². The van der Waals surface area contributed by atoms with E-state index in [0.29, 0.717) is 4.90 Å². The third-order valence-electron chi connectivity index (χ3n) is 2.86. The molecule has 1 fully saturated rings. The first-order valence-corrected chi connectivity index (χ1v) is 5.91. The van der Waals surface area contributed by atoms with Gasteiger partial charge in [-0.2, -0.15) is 22.0 Å². The maximum Gasteiger partial charge on any atom is 0.406 e. The van der Waals surface area contributed by atoms with E-state index in [1.54, 1.807) is 0 Å². The maximum atomic E-state index is 12.5. The predicted molar refractivity (Wildman–Crippen MR) is 61.6 cm³/mol. The van der Waals surface area contributed by atoms with Gasteiger partial charge in [-0.15, -0.1) is 0 Å². The minimum Gasteiger partial charge on any atom is -0.434 e. The van der Waals surface area contributed by atoms with Gasteiger partial charge in [-0.05, 0) is 6.07 Å². The standard InChI is InChI=1S/C12H11F5N2O2/c13-11(14)21-8-4-2-1-3-7(8)10-18-5-9(20)19(10)6-12(15,16)17/h1-4,10-11,18H,5-6H2. The summed E-state index contributed by atoms with van der Waals surface area (Å²) >= 11 is 0. The lowest BCUT2D eigenvalue weighted by Gasteiger charge is -2.26. The lowest BCUT2D eigenvalue weighted by atomic mass is 10.1. The second-order valence-electron chi connectivity index (χ2n) is 4.34. The van der Waals surface area contributed by atoms with Crippen LogP contribution in [0.3, 0.4) is 0 Å². The van der Waals surface area contributed by atoms with E-state index in [4.69, 9.17) is 0 Å². The van der Waals surface area contributed by atoms with Crippen molar-refractivity contribution in [3.8, 4) is 5.75 Å². The molecular weight excluding hydrogens is 299 g/mol. The number of carbonyl (C=O) groups excluding carboxylic acids is 1. The number of benzene rings is 1. The van der Waals surface area contributed by atoms with Crippen LogP contribution in [0.5, 0.6) is 5.75 Å². The van der Waals surface area contributed by atoms with Gasteiger partial charge in [0, 0.05) is 5.56 Å². The van der Waals surface area contributed by atoms with Crippen molar-refractivity contribution >= 4 is 5.91 Å². The van der Waals surface area contributed by atoms with Gasteiger partial charge < -0.3 is 9.64 Å². The molecule has 0 bridgehead atoms. The van der Waals surface area contributed by atoms with Crippen LogP contribution in [0.2, 0.25) is 0 Å². The number of alkyl halides is 5. The third-order valence-corrected chi connectivity index (χ3v) is 2.86. The molecule has 1 aromatic rings. The number of ether oxygens (including phenoxy) is 1. The van der Waals surface area contributed by atoms with Crippen molar-refractivity contribution in [3.05, 3.63) is 29.8 Å². The molecule has 1 aliphatic heterocycles. The number of rotatable bonds is 4. The van der Waals surface area contributed by atoms with Crippen LogP contribution in [0.1, 0.15) is 11.7 Å². The summed E-state index contributed by atoms with van der Waals surface area (Å²) in [6.07, 6.45) is -5.74. The topological polar surface area (TPSA) is 41.6 Å². The normalized spacial score (nSPS) is 19.4. The Morgan fingerprint density at radius 3 is 2.62 bits per heavy atom. The van der Waals surface area contributed by atoms with Crippen molar-refractivity contribution in [2.75, 3.05) is 13.1 Å². The fourth-order valence-electron chi connectivity index (χ4n) is 2.10. The predicted octanol–water partition coefficient (Wildman–Crippen LogP) is 2.28. The number of halogens is 5. The van der Waals surface area contributed by atoms with Crippen molar-refractivity contribution in [2.45, 2.75) is 19.0 Å². The van der Waals surface area contributed by atoms with Crippen LogP contribution in [0.25, 0.3) is 0 Å². The molecule has 1 aliphatic rings. The van der Waals surface area contributed by atoms with Gasteiger partial charge in [-0.1, -0.05) is 18.2 Å². The summed E-state index contributed by atoms with van der Waals surface area (Å²) in [6.45, 7) is -4.88. The summed E-state index contributed by atoms with van der Waals surface area (Å²) < 4.78 is 66.5. The monoisotopic (exact) mass is 310 g/mol. The molecule has 2 rings (SSSR count). The summed E-state index contributed by atoms with van der Waals surface area (Å²) in [5.74, 6) is -1.03. The molecule has 116 valence electrons. The number of carbonyl (C=O) groups is 1. The van der Waals surface area contributed by atoms with Crippen LogP contribution in [-0.4, -0.2) is 36.7 Å². The van der Waals surface area contributed by atoms with E-state index in [1.807, 2.05) is 0 Å². The van der Waals surface area contributed by atoms with Crippen molar-refractivity contribution in [3.63, 3.8) is 0 Å². The van der Waals surface area contributed by atoms with E-state index in [-0.39, 0.29) is 17.9 Å². The Hall–Kier alpha value is -1.90. The quantitative estimate of drug-likeness (QED) is 0.868. The molecule has 1 aromatic carbocycles. The zero-order valence-corrected chi connectivity index (χ0v) is 10.5. The van der Waals surface area contributed by atoms with E-state index in [9.17, 15) is 26.7 Å². The Kier molecular flexibility index (Phi) is 4.31. The first-order valence-electron chi connectivity index (χ1n) is 5.91. The van der Waals surface area contributed by atoms with Crippen LogP contribution in [-0.2, 0) is 4.79 Å². The minimum absolute atomic E-state index is 0.0490. The van der Waals surface area contributed by atoms with E-state index in [2.05, 4.69) is 10.1 Å². The smallest absolute Gasteiger partial charge is 0.406 e. The highest BCUT2D eigenvalue weighted by atomic mass is 19.4. The Labute approximate surface area is 116 Å². The summed E-state index contributed by atoms with van der Waals surface area (Å²) in [4.78, 5) is 12.1. The van der Waals surface area contributed by atoms with Crippen LogP contribution in [0, 0.1) is 0 Å². The summed E-state index contributed by atoms with van der Waals surface area (Å²) in [6, 6.07) is 5.41. The van der Waals surface area contributed by atoms with Gasteiger partial charge in [0.05, 0.1) is 6.54 Å². The van der Waals surface area contributed by atoms with Gasteiger partial charge >= 0.3 is 12.8 Å². The largest absolute Gasteiger partial charge is 0.434 e. The zero-order valence-electron chi connectivity index (χ0n) is 10.5. The average Bonchev–Trinajstić information content (AvgIpc) is 2.69. The lowest BCUT2D eigenvalue weighted by molar-refractivity contribution is -0.161. The molecule has 0 spiro atoms. The van der Waals surface area contributed by atoms with Crippen LogP contribution in [0.15, 0.2) is 24.3 Å². The Morgan fingerprint density at radius 1 is 1.33 bits per heavy atom. The molecule has 1 heterocycles. The number of hydrogen-bond acceptors (Lipinski definition) is 3. The van der Waals surface area contributed by atoms with Crippen LogP contribution >= 0.6 is 0 Å². The molecule has 1 saturated heterocycles. The number of nitrogens with zero attached hydrogens (tertiary/aromatic N) is 1. The van der Waals surface area contributed by atoms with Gasteiger partial charge in [0.25, 0.3) is 0 Å². The van der Waals surface area contributed by atoms with E-state index in [0.717, 1.165) is 0 Å². The molecule has 0 aromatic heterocycles. The molecule has 0 aliphatic carbocycles. The first kappa shape index (κ1) is 15.5. The fourth-order valence-corrected chi connectivity index (χ4v) is 2.10. The Balaban J connectivity index is 2.29. The average molecular weight is 310 g/mol. The number of para-hydroxylation sites is 1. The molecule has 21 heavy (non-hydrogen) atoms. The lowest BCUT2D eigenvalue weighted by Crippen LogP contribution is -2.38. The molecule has 4 nitrogen and oxygen atoms in total. The summed E-state index contributed by atoms with van der Waals surface area (Å²) in [7, 11) is 0. The van der Waals surface area contributed by atoms with Crippen molar-refractivity contribution in [1.82, 2.24) is 10.2 Å². The van der Waals surface area contributed by atoms with Crippen molar-refractivity contribution in [1.29, 1.82) is 0 Å². The zero-order chi connectivity index (χ0) is 15.6. The number of hydrogen-bond donors (Lipinski definition) is 1. The van der Waals surface area contributed by atoms with Gasteiger partial charge in [0.1, 0.15) is 18.5 Å². The highest BCUT2D eigenvalue weighted by molar-refractivity contribution is 5.81. The first-order chi connectivity index (χ1) is 9.78. The van der Waals surface area contributed by atoms with Gasteiger partial charge in [0.2, 0.25) is 5.91 Å². The van der Waals surface area contributed by atoms with E-state index < -0.39 is 31.4 Å². The Morgan fingerprint density at radius 2 is 2.00 bits per heavy atom. The molecule has 9 heteroatoms. The van der Waals surface area contributed by atoms with E-state index in [1.165, 1.54) is 24.3 Å². The highest BCUT2D eigenvalue weighted by Gasteiger charge is 2.41. The molecule has 1 atom stereocenters. The molecule has 1 amide bonds. The van der Waals surface area contributed by atoms with Crippen molar-refractivity contribution in [2.24, 2.45) is 0 Å². The van der Waals surface area contributed by atoms with Crippen LogP contribution < -0.4 is 10.1 Å². The number of nitrogens with one attached hydrogen (secondary N) is 1. The SMILES string of the molecule is O=C1CNC(c2ccccc2OC(F)F)N1CC(F)(F)F. The second kappa shape index (κ2) is 5.84. The van der Waals surface area contributed by atoms with Crippen LogP contribution in [0.4, 0.5) is 22.0 Å². The Bertz CT molecular complexity index is 521. The minimum atomic E-state index is -4.58.